The Morgan fingerprint density at radius 1 is 1.21 bits per heavy atom. The molecule has 0 fully saturated rings. The van der Waals surface area contributed by atoms with Crippen LogP contribution < -0.4 is 5.43 Å². The minimum atomic E-state index is -0.362. The van der Waals surface area contributed by atoms with E-state index >= 15 is 0 Å². The van der Waals surface area contributed by atoms with Gasteiger partial charge in [-0.15, -0.1) is 0 Å². The van der Waals surface area contributed by atoms with Gasteiger partial charge in [0.05, 0.1) is 16.3 Å². The van der Waals surface area contributed by atoms with Crippen molar-refractivity contribution >= 4 is 45.7 Å². The minimum absolute atomic E-state index is 0.120. The summed E-state index contributed by atoms with van der Waals surface area (Å²) in [6.45, 7) is 1.64. The van der Waals surface area contributed by atoms with Gasteiger partial charge in [-0.25, -0.2) is 5.43 Å². The lowest BCUT2D eigenvalue weighted by atomic mass is 10.1. The Bertz CT molecular complexity index is 964. The van der Waals surface area contributed by atoms with Gasteiger partial charge in [0.1, 0.15) is 5.75 Å². The first-order valence-electron chi connectivity index (χ1n) is 7.06. The van der Waals surface area contributed by atoms with Crippen molar-refractivity contribution in [3.05, 3.63) is 63.8 Å². The summed E-state index contributed by atoms with van der Waals surface area (Å²) in [6, 6.07) is 10.4. The second-order valence-corrected chi connectivity index (χ2v) is 6.01. The van der Waals surface area contributed by atoms with Crippen molar-refractivity contribution in [3.63, 3.8) is 0 Å². The number of aromatic amines is 1. The van der Waals surface area contributed by atoms with Gasteiger partial charge in [-0.05, 0) is 25.1 Å². The summed E-state index contributed by atoms with van der Waals surface area (Å²) in [5.74, 6) is -0.497. The number of phenolic OH excluding ortho intramolecular Hbond substituents is 1. The summed E-state index contributed by atoms with van der Waals surface area (Å²) in [7, 11) is 0. The fourth-order valence-corrected chi connectivity index (χ4v) is 2.85. The summed E-state index contributed by atoms with van der Waals surface area (Å²) in [5, 5.41) is 15.3. The molecule has 0 aliphatic rings. The number of H-pyrrole nitrogens is 1. The van der Waals surface area contributed by atoms with E-state index in [1.54, 1.807) is 13.1 Å². The standard InChI is InChI=1S/C17H13Cl2N3O2/c1-9(12-6-10(18)7-14(19)16(12)23)21-22-17(24)13-8-20-15-5-3-2-4-11(13)15/h2-8,20,23H,1H3,(H,22,24)/b21-9-. The highest BCUT2D eigenvalue weighted by atomic mass is 35.5. The zero-order valence-electron chi connectivity index (χ0n) is 12.6. The van der Waals surface area contributed by atoms with Gasteiger partial charge in [0.2, 0.25) is 0 Å². The molecule has 0 saturated heterocycles. The first-order valence-corrected chi connectivity index (χ1v) is 7.82. The monoisotopic (exact) mass is 361 g/mol. The zero-order chi connectivity index (χ0) is 17.3. The summed E-state index contributed by atoms with van der Waals surface area (Å²) in [4.78, 5) is 15.3. The molecule has 24 heavy (non-hydrogen) atoms. The number of halogens is 2. The molecule has 3 rings (SSSR count). The van der Waals surface area contributed by atoms with E-state index in [0.29, 0.717) is 21.9 Å². The third-order valence-electron chi connectivity index (χ3n) is 3.58. The molecule has 1 heterocycles. The van der Waals surface area contributed by atoms with Crippen LogP contribution in [-0.4, -0.2) is 21.7 Å². The number of carbonyl (C=O) groups is 1. The number of rotatable bonds is 3. The van der Waals surface area contributed by atoms with Gasteiger partial charge in [0, 0.05) is 27.7 Å². The SMILES string of the molecule is C/C(=N/NC(=O)c1c[nH]c2ccccc12)c1cc(Cl)cc(Cl)c1O. The highest BCUT2D eigenvalue weighted by Crippen LogP contribution is 2.31. The topological polar surface area (TPSA) is 77.5 Å². The summed E-state index contributed by atoms with van der Waals surface area (Å²) in [5.41, 5.74) is 4.55. The molecule has 2 aromatic carbocycles. The Kier molecular flexibility index (Phi) is 4.46. The van der Waals surface area contributed by atoms with Crippen LogP contribution in [0.25, 0.3) is 10.9 Å². The van der Waals surface area contributed by atoms with E-state index in [0.717, 1.165) is 10.9 Å². The Labute approximate surface area is 147 Å². The Hall–Kier alpha value is -2.50. The van der Waals surface area contributed by atoms with E-state index in [4.69, 9.17) is 23.2 Å². The third-order valence-corrected chi connectivity index (χ3v) is 4.08. The molecule has 3 N–H and O–H groups in total. The van der Waals surface area contributed by atoms with E-state index in [2.05, 4.69) is 15.5 Å². The number of benzene rings is 2. The van der Waals surface area contributed by atoms with Crippen LogP contribution in [0, 0.1) is 0 Å². The molecule has 0 spiro atoms. The Balaban J connectivity index is 1.86. The maximum atomic E-state index is 12.3. The number of hydrazone groups is 1. The average molecular weight is 362 g/mol. The fourth-order valence-electron chi connectivity index (χ4n) is 2.36. The molecule has 0 bridgehead atoms. The van der Waals surface area contributed by atoms with Crippen LogP contribution in [0.1, 0.15) is 22.8 Å². The van der Waals surface area contributed by atoms with Crippen molar-refractivity contribution < 1.29 is 9.90 Å². The highest BCUT2D eigenvalue weighted by molar-refractivity contribution is 6.36. The van der Waals surface area contributed by atoms with Crippen LogP contribution in [0.5, 0.6) is 5.75 Å². The van der Waals surface area contributed by atoms with Crippen LogP contribution in [0.15, 0.2) is 47.7 Å². The number of nitrogens with zero attached hydrogens (tertiary/aromatic N) is 1. The molecule has 3 aromatic rings. The molecular formula is C17H13Cl2N3O2. The van der Waals surface area contributed by atoms with Crippen molar-refractivity contribution in [2.75, 3.05) is 0 Å². The normalized spacial score (nSPS) is 11.7. The maximum Gasteiger partial charge on any atom is 0.273 e. The molecule has 0 aliphatic carbocycles. The molecule has 1 amide bonds. The molecule has 1 aromatic heterocycles. The van der Waals surface area contributed by atoms with Crippen molar-refractivity contribution in [2.24, 2.45) is 5.10 Å². The maximum absolute atomic E-state index is 12.3. The lowest BCUT2D eigenvalue weighted by Gasteiger charge is -2.07. The Morgan fingerprint density at radius 2 is 1.96 bits per heavy atom. The van der Waals surface area contributed by atoms with Gasteiger partial charge in [0.25, 0.3) is 5.91 Å². The molecule has 7 heteroatoms. The first kappa shape index (κ1) is 16.4. The molecule has 0 aliphatic heterocycles. The van der Waals surface area contributed by atoms with Crippen LogP contribution in [0.3, 0.4) is 0 Å². The van der Waals surface area contributed by atoms with Crippen LogP contribution in [-0.2, 0) is 0 Å². The van der Waals surface area contributed by atoms with Crippen LogP contribution in [0.2, 0.25) is 10.0 Å². The minimum Gasteiger partial charge on any atom is -0.506 e. The quantitative estimate of drug-likeness (QED) is 0.479. The molecule has 0 saturated carbocycles. The van der Waals surface area contributed by atoms with Gasteiger partial charge < -0.3 is 10.1 Å². The largest absolute Gasteiger partial charge is 0.506 e. The number of amides is 1. The molecule has 122 valence electrons. The molecule has 0 radical (unpaired) electrons. The number of fused-ring (bicyclic) bond motifs is 1. The number of aromatic hydroxyl groups is 1. The van der Waals surface area contributed by atoms with E-state index in [1.807, 2.05) is 24.3 Å². The van der Waals surface area contributed by atoms with Gasteiger partial charge in [-0.1, -0.05) is 41.4 Å². The third kappa shape index (κ3) is 3.09. The predicted octanol–water partition coefficient (Wildman–Crippen LogP) is 4.33. The van der Waals surface area contributed by atoms with E-state index in [1.165, 1.54) is 12.1 Å². The number of nitrogens with one attached hydrogen (secondary N) is 2. The number of hydrogen-bond acceptors (Lipinski definition) is 3. The molecule has 0 unspecified atom stereocenters. The lowest BCUT2D eigenvalue weighted by Crippen LogP contribution is -2.19. The van der Waals surface area contributed by atoms with Gasteiger partial charge in [-0.2, -0.15) is 5.10 Å². The van der Waals surface area contributed by atoms with Gasteiger partial charge >= 0.3 is 0 Å². The van der Waals surface area contributed by atoms with Crippen molar-refractivity contribution in [1.29, 1.82) is 0 Å². The van der Waals surface area contributed by atoms with Crippen molar-refractivity contribution in [1.82, 2.24) is 10.4 Å². The summed E-state index contributed by atoms with van der Waals surface area (Å²) in [6.07, 6.45) is 1.62. The number of aromatic nitrogens is 1. The first-order chi connectivity index (χ1) is 11.5. The van der Waals surface area contributed by atoms with Gasteiger partial charge in [0.15, 0.2) is 0 Å². The number of carbonyl (C=O) groups excluding carboxylic acids is 1. The second kappa shape index (κ2) is 6.55. The summed E-state index contributed by atoms with van der Waals surface area (Å²) >= 11 is 11.8. The van der Waals surface area contributed by atoms with E-state index < -0.39 is 0 Å². The molecule has 0 atom stereocenters. The number of para-hydroxylation sites is 1. The fraction of sp³-hybridized carbons (Fsp3) is 0.0588. The predicted molar refractivity (Wildman–Crippen MR) is 96.1 cm³/mol. The van der Waals surface area contributed by atoms with E-state index in [-0.39, 0.29) is 16.7 Å². The van der Waals surface area contributed by atoms with E-state index in [9.17, 15) is 9.90 Å². The van der Waals surface area contributed by atoms with Gasteiger partial charge in [-0.3, -0.25) is 4.79 Å². The Morgan fingerprint density at radius 3 is 2.75 bits per heavy atom. The zero-order valence-corrected chi connectivity index (χ0v) is 14.1. The highest BCUT2D eigenvalue weighted by Gasteiger charge is 2.13. The second-order valence-electron chi connectivity index (χ2n) is 5.17. The number of phenols is 1. The lowest BCUT2D eigenvalue weighted by molar-refractivity contribution is 0.0956. The summed E-state index contributed by atoms with van der Waals surface area (Å²) < 4.78 is 0. The molecular weight excluding hydrogens is 349 g/mol. The average Bonchev–Trinajstić information content (AvgIpc) is 2.99. The van der Waals surface area contributed by atoms with Crippen LogP contribution in [0.4, 0.5) is 0 Å². The smallest absolute Gasteiger partial charge is 0.273 e. The molecule has 5 nitrogen and oxygen atoms in total. The van der Waals surface area contributed by atoms with Crippen LogP contribution >= 0.6 is 23.2 Å². The number of hydrogen-bond donors (Lipinski definition) is 3. The van der Waals surface area contributed by atoms with Crippen molar-refractivity contribution in [2.45, 2.75) is 6.92 Å². The van der Waals surface area contributed by atoms with Crippen molar-refractivity contribution in [3.8, 4) is 5.75 Å².